The number of benzene rings is 2. The quantitative estimate of drug-likeness (QED) is 0.583. The van der Waals surface area contributed by atoms with Crippen molar-refractivity contribution in [2.45, 2.75) is 39.2 Å². The van der Waals surface area contributed by atoms with Crippen LogP contribution in [0.3, 0.4) is 0 Å². The topological polar surface area (TPSA) is 87.5 Å². The van der Waals surface area contributed by atoms with Crippen molar-refractivity contribution in [3.63, 3.8) is 0 Å². The van der Waals surface area contributed by atoms with Gasteiger partial charge < -0.3 is 15.1 Å². The molecule has 5 rings (SSSR count). The van der Waals surface area contributed by atoms with Crippen molar-refractivity contribution in [3.05, 3.63) is 82.7 Å². The summed E-state index contributed by atoms with van der Waals surface area (Å²) in [4.78, 5) is 43.2. The standard InChI is InChI=1S/C29H33N5O3/c1-20-8-6-9-21(16-20)17-26(35)33-15-13-25-24(19-33)27(31-32(25)2)29(37)34-14-7-10-22(18-34)28(36)30-23-11-4-3-5-12-23/h3-6,8-9,11-12,16,22H,7,10,13-15,17-19H2,1-2H3,(H,30,36)/t22-/m0/s1. The molecule has 1 atom stereocenters. The summed E-state index contributed by atoms with van der Waals surface area (Å²) in [5, 5.41) is 7.55. The Balaban J connectivity index is 1.28. The molecule has 0 unspecified atom stereocenters. The van der Waals surface area contributed by atoms with Crippen LogP contribution >= 0.6 is 0 Å². The number of fused-ring (bicyclic) bond motifs is 1. The summed E-state index contributed by atoms with van der Waals surface area (Å²) < 4.78 is 1.77. The Morgan fingerprint density at radius 2 is 1.84 bits per heavy atom. The van der Waals surface area contributed by atoms with Gasteiger partial charge in [0.15, 0.2) is 5.69 Å². The second-order valence-electron chi connectivity index (χ2n) is 10.1. The molecule has 2 aliphatic rings. The third-order valence-corrected chi connectivity index (χ3v) is 7.36. The molecule has 0 spiro atoms. The van der Waals surface area contributed by atoms with Crippen LogP contribution in [0.25, 0.3) is 0 Å². The molecule has 2 aromatic carbocycles. The molecule has 3 amide bonds. The smallest absolute Gasteiger partial charge is 0.274 e. The monoisotopic (exact) mass is 499 g/mol. The Morgan fingerprint density at radius 3 is 2.62 bits per heavy atom. The third kappa shape index (κ3) is 5.43. The molecule has 1 saturated heterocycles. The van der Waals surface area contributed by atoms with Gasteiger partial charge in [-0.25, -0.2) is 0 Å². The van der Waals surface area contributed by atoms with Gasteiger partial charge in [0.1, 0.15) is 0 Å². The minimum Gasteiger partial charge on any atom is -0.338 e. The van der Waals surface area contributed by atoms with Crippen LogP contribution in [0.1, 0.15) is 45.7 Å². The second kappa shape index (κ2) is 10.6. The zero-order valence-electron chi connectivity index (χ0n) is 21.4. The van der Waals surface area contributed by atoms with Crippen LogP contribution in [-0.4, -0.2) is 56.9 Å². The average Bonchev–Trinajstić information content (AvgIpc) is 3.24. The summed E-state index contributed by atoms with van der Waals surface area (Å²) >= 11 is 0. The first kappa shape index (κ1) is 24.7. The highest BCUT2D eigenvalue weighted by molar-refractivity contribution is 5.96. The van der Waals surface area contributed by atoms with Gasteiger partial charge in [-0.05, 0) is 37.5 Å². The summed E-state index contributed by atoms with van der Waals surface area (Å²) in [7, 11) is 1.85. The minimum atomic E-state index is -0.273. The van der Waals surface area contributed by atoms with E-state index in [-0.39, 0.29) is 23.6 Å². The summed E-state index contributed by atoms with van der Waals surface area (Å²) in [6, 6.07) is 17.4. The number of nitrogens with one attached hydrogen (secondary N) is 1. The van der Waals surface area contributed by atoms with Gasteiger partial charge in [0.25, 0.3) is 5.91 Å². The normalized spacial score (nSPS) is 17.3. The molecule has 192 valence electrons. The number of anilines is 1. The number of hydrogen-bond donors (Lipinski definition) is 1. The van der Waals surface area contributed by atoms with Gasteiger partial charge >= 0.3 is 0 Å². The molecule has 0 aliphatic carbocycles. The number of para-hydroxylation sites is 1. The molecule has 1 aromatic heterocycles. The van der Waals surface area contributed by atoms with Crippen LogP contribution in [0.4, 0.5) is 5.69 Å². The summed E-state index contributed by atoms with van der Waals surface area (Å²) in [5.74, 6) is -0.458. The number of aryl methyl sites for hydroxylation is 2. The van der Waals surface area contributed by atoms with Gasteiger partial charge in [-0.15, -0.1) is 0 Å². The zero-order chi connectivity index (χ0) is 25.9. The van der Waals surface area contributed by atoms with Crippen molar-refractivity contribution in [2.24, 2.45) is 13.0 Å². The van der Waals surface area contributed by atoms with Crippen molar-refractivity contribution < 1.29 is 14.4 Å². The number of carbonyl (C=O) groups is 3. The van der Waals surface area contributed by atoms with Crippen molar-refractivity contribution in [3.8, 4) is 0 Å². The van der Waals surface area contributed by atoms with E-state index in [1.807, 2.05) is 73.5 Å². The number of amides is 3. The first-order valence-electron chi connectivity index (χ1n) is 12.9. The molecule has 37 heavy (non-hydrogen) atoms. The van der Waals surface area contributed by atoms with Crippen LogP contribution in [-0.2, 0) is 36.0 Å². The number of carbonyl (C=O) groups excluding carboxylic acids is 3. The highest BCUT2D eigenvalue weighted by Gasteiger charge is 2.34. The molecule has 0 saturated carbocycles. The fourth-order valence-corrected chi connectivity index (χ4v) is 5.38. The minimum absolute atomic E-state index is 0.0501. The van der Waals surface area contributed by atoms with Crippen LogP contribution in [0.15, 0.2) is 54.6 Å². The predicted molar refractivity (Wildman–Crippen MR) is 141 cm³/mol. The number of rotatable bonds is 5. The van der Waals surface area contributed by atoms with Gasteiger partial charge in [0.05, 0.1) is 12.3 Å². The van der Waals surface area contributed by atoms with Crippen LogP contribution < -0.4 is 5.32 Å². The molecule has 8 heteroatoms. The number of hydrogen-bond acceptors (Lipinski definition) is 4. The highest BCUT2D eigenvalue weighted by Crippen LogP contribution is 2.26. The van der Waals surface area contributed by atoms with Crippen molar-refractivity contribution in [1.82, 2.24) is 19.6 Å². The first-order chi connectivity index (χ1) is 17.9. The maximum Gasteiger partial charge on any atom is 0.274 e. The Hall–Kier alpha value is -3.94. The fourth-order valence-electron chi connectivity index (χ4n) is 5.38. The summed E-state index contributed by atoms with van der Waals surface area (Å²) in [5.41, 5.74) is 5.10. The van der Waals surface area contributed by atoms with Gasteiger partial charge in [-0.3, -0.25) is 19.1 Å². The van der Waals surface area contributed by atoms with Gasteiger partial charge in [0, 0.05) is 56.6 Å². The van der Waals surface area contributed by atoms with Gasteiger partial charge in [-0.1, -0.05) is 48.0 Å². The van der Waals surface area contributed by atoms with E-state index in [1.54, 1.807) is 9.58 Å². The van der Waals surface area contributed by atoms with Gasteiger partial charge in [0.2, 0.25) is 11.8 Å². The molecule has 3 heterocycles. The largest absolute Gasteiger partial charge is 0.338 e. The maximum atomic E-state index is 13.6. The lowest BCUT2D eigenvalue weighted by Crippen LogP contribution is -2.44. The molecule has 0 bridgehead atoms. The van der Waals surface area contributed by atoms with Crippen molar-refractivity contribution in [1.29, 1.82) is 0 Å². The summed E-state index contributed by atoms with van der Waals surface area (Å²) in [6.45, 7) is 3.95. The van der Waals surface area contributed by atoms with E-state index in [0.717, 1.165) is 40.9 Å². The lowest BCUT2D eigenvalue weighted by molar-refractivity contribution is -0.131. The van der Waals surface area contributed by atoms with Gasteiger partial charge in [-0.2, -0.15) is 5.10 Å². The van der Waals surface area contributed by atoms with Crippen LogP contribution in [0.5, 0.6) is 0 Å². The zero-order valence-corrected chi connectivity index (χ0v) is 21.4. The lowest BCUT2D eigenvalue weighted by atomic mass is 9.96. The molecule has 3 aromatic rings. The van der Waals surface area contributed by atoms with E-state index in [0.29, 0.717) is 44.7 Å². The van der Waals surface area contributed by atoms with Crippen LogP contribution in [0.2, 0.25) is 0 Å². The maximum absolute atomic E-state index is 13.6. The first-order valence-corrected chi connectivity index (χ1v) is 12.9. The van der Waals surface area contributed by atoms with E-state index in [4.69, 9.17) is 0 Å². The molecule has 0 radical (unpaired) electrons. The Labute approximate surface area is 217 Å². The SMILES string of the molecule is Cc1cccc(CC(=O)N2CCc3c(c(C(=O)N4CCC[C@H](C(=O)Nc5ccccc5)C4)nn3C)C2)c1. The van der Waals surface area contributed by atoms with E-state index < -0.39 is 0 Å². The molecule has 1 fully saturated rings. The molecule has 1 N–H and O–H groups in total. The van der Waals surface area contributed by atoms with E-state index in [2.05, 4.69) is 10.4 Å². The molecule has 8 nitrogen and oxygen atoms in total. The lowest BCUT2D eigenvalue weighted by Gasteiger charge is -2.32. The summed E-state index contributed by atoms with van der Waals surface area (Å²) in [6.07, 6.45) is 2.50. The van der Waals surface area contributed by atoms with Crippen molar-refractivity contribution in [2.75, 3.05) is 25.0 Å². The fraction of sp³-hybridized carbons (Fsp3) is 0.379. The Bertz CT molecular complexity index is 1320. The number of likely N-dealkylation sites (tertiary alicyclic amines) is 1. The molecule has 2 aliphatic heterocycles. The highest BCUT2D eigenvalue weighted by atomic mass is 16.2. The predicted octanol–water partition coefficient (Wildman–Crippen LogP) is 3.35. The van der Waals surface area contributed by atoms with Crippen LogP contribution in [0, 0.1) is 12.8 Å². The van der Waals surface area contributed by atoms with E-state index >= 15 is 0 Å². The molecular formula is C29H33N5O3. The number of nitrogens with zero attached hydrogens (tertiary/aromatic N) is 4. The number of aromatic nitrogens is 2. The number of piperidine rings is 1. The van der Waals surface area contributed by atoms with E-state index in [1.165, 1.54) is 0 Å². The third-order valence-electron chi connectivity index (χ3n) is 7.36. The second-order valence-corrected chi connectivity index (χ2v) is 10.1. The average molecular weight is 500 g/mol. The molecular weight excluding hydrogens is 466 g/mol. The van der Waals surface area contributed by atoms with E-state index in [9.17, 15) is 14.4 Å². The Kier molecular flexibility index (Phi) is 7.08. The van der Waals surface area contributed by atoms with Crippen molar-refractivity contribution >= 4 is 23.4 Å². The Morgan fingerprint density at radius 1 is 1.03 bits per heavy atom.